The zero-order chi connectivity index (χ0) is 22.5. The number of nitrogens with zero attached hydrogens (tertiary/aromatic N) is 3. The quantitative estimate of drug-likeness (QED) is 0.303. The summed E-state index contributed by atoms with van der Waals surface area (Å²) in [6.07, 6.45) is 8.37. The van der Waals surface area contributed by atoms with E-state index in [9.17, 15) is 0 Å². The molecule has 1 unspecified atom stereocenters. The van der Waals surface area contributed by atoms with E-state index in [1.807, 2.05) is 0 Å². The molecule has 33 heavy (non-hydrogen) atoms. The number of aryl methyl sites for hydroxylation is 2. The Morgan fingerprint density at radius 3 is 2.52 bits per heavy atom. The number of fused-ring (bicyclic) bond motifs is 3. The van der Waals surface area contributed by atoms with Crippen LogP contribution >= 0.6 is 28.9 Å². The lowest BCUT2D eigenvalue weighted by Gasteiger charge is -2.45. The van der Waals surface area contributed by atoms with Gasteiger partial charge in [0.05, 0.1) is 24.3 Å². The molecular weight excluding hydrogens is 541 g/mol. The maximum absolute atomic E-state index is 5.59. The topological polar surface area (TPSA) is 28.1 Å². The number of halogens is 1. The Labute approximate surface area is 211 Å². The summed E-state index contributed by atoms with van der Waals surface area (Å²) < 4.78 is 7.01. The third-order valence-corrected chi connectivity index (χ3v) is 12.3. The van der Waals surface area contributed by atoms with Crippen LogP contribution in [0.15, 0.2) is 34.2 Å². The minimum atomic E-state index is -0.00816. The van der Waals surface area contributed by atoms with E-state index in [4.69, 9.17) is 9.73 Å². The molecule has 3 atom stereocenters. The second-order valence-corrected chi connectivity index (χ2v) is 14.2. The number of piperidine rings is 1. The number of benzene rings is 2. The minimum absolute atomic E-state index is 0.00816. The fraction of sp³-hybridized carbons (Fsp3) is 0.556. The Kier molecular flexibility index (Phi) is 6.20. The molecule has 6 heteroatoms. The van der Waals surface area contributed by atoms with Crippen molar-refractivity contribution in [2.24, 2.45) is 10.9 Å². The van der Waals surface area contributed by atoms with Crippen LogP contribution in [0.2, 0.25) is 0 Å². The highest BCUT2D eigenvalue weighted by Gasteiger charge is 2.33. The zero-order valence-electron chi connectivity index (χ0n) is 19.8. The Morgan fingerprint density at radius 2 is 1.67 bits per heavy atom. The first-order valence-corrected chi connectivity index (χ1v) is 16.4. The number of hydrogen-bond acceptors (Lipinski definition) is 4. The first-order chi connectivity index (χ1) is 16.1. The van der Waals surface area contributed by atoms with E-state index in [0.717, 1.165) is 38.3 Å². The second kappa shape index (κ2) is 9.15. The molecule has 2 aromatic rings. The molecule has 6 rings (SSSR count). The maximum atomic E-state index is 5.59. The van der Waals surface area contributed by atoms with Crippen LogP contribution in [0, 0.1) is 24.3 Å². The molecule has 3 fully saturated rings. The van der Waals surface area contributed by atoms with Crippen molar-refractivity contribution in [2.45, 2.75) is 63.3 Å². The first kappa shape index (κ1) is 22.4. The van der Waals surface area contributed by atoms with Gasteiger partial charge in [-0.1, -0.05) is 20.5 Å². The highest BCUT2D eigenvalue weighted by molar-refractivity contribution is 14.2. The predicted octanol–water partition coefficient (Wildman–Crippen LogP) is 6.49. The molecule has 4 nitrogen and oxygen atoms in total. The molecule has 3 aliphatic heterocycles. The van der Waals surface area contributed by atoms with Gasteiger partial charge in [-0.2, -0.15) is 0 Å². The van der Waals surface area contributed by atoms with Crippen LogP contribution in [-0.2, 0) is 4.74 Å². The molecular formula is C27H34IN3OS. The fourth-order valence-electron chi connectivity index (χ4n) is 6.36. The predicted molar refractivity (Wildman–Crippen MR) is 147 cm³/mol. The van der Waals surface area contributed by atoms with Crippen molar-refractivity contribution in [3.05, 3.63) is 45.3 Å². The van der Waals surface area contributed by atoms with E-state index in [1.54, 1.807) is 0 Å². The summed E-state index contributed by atoms with van der Waals surface area (Å²) in [4.78, 5) is 11.9. The molecule has 0 radical (unpaired) electrons. The smallest absolute Gasteiger partial charge is 0.0806 e. The van der Waals surface area contributed by atoms with Gasteiger partial charge in [0.1, 0.15) is 0 Å². The van der Waals surface area contributed by atoms with E-state index < -0.39 is 0 Å². The Balaban J connectivity index is 1.45. The van der Waals surface area contributed by atoms with Crippen LogP contribution in [-0.4, -0.2) is 38.9 Å². The third-order valence-electron chi connectivity index (χ3n) is 8.06. The van der Waals surface area contributed by atoms with E-state index in [2.05, 4.69) is 69.1 Å². The summed E-state index contributed by atoms with van der Waals surface area (Å²) >= 11 is 2.69. The van der Waals surface area contributed by atoms with Gasteiger partial charge in [0.15, 0.2) is 0 Å². The van der Waals surface area contributed by atoms with Gasteiger partial charge >= 0.3 is 0 Å². The van der Waals surface area contributed by atoms with E-state index in [1.165, 1.54) is 88.0 Å². The lowest BCUT2D eigenvalue weighted by molar-refractivity contribution is 0.122. The van der Waals surface area contributed by atoms with Gasteiger partial charge in [-0.3, -0.25) is 0 Å². The molecule has 0 N–H and O–H groups in total. The van der Waals surface area contributed by atoms with Crippen LogP contribution in [0.25, 0.3) is 0 Å². The number of anilines is 2. The maximum Gasteiger partial charge on any atom is 0.0806 e. The zero-order valence-corrected chi connectivity index (χ0v) is 22.8. The average molecular weight is 576 g/mol. The number of rotatable bonds is 2. The van der Waals surface area contributed by atoms with Crippen LogP contribution in [0.1, 0.15) is 49.7 Å². The largest absolute Gasteiger partial charge is 0.378 e. The average Bonchev–Trinajstić information content (AvgIpc) is 2.85. The second-order valence-electron chi connectivity index (χ2n) is 10.1. The van der Waals surface area contributed by atoms with E-state index >= 15 is 0 Å². The monoisotopic (exact) mass is 575 g/mol. The Bertz CT molecular complexity index is 1200. The van der Waals surface area contributed by atoms with Gasteiger partial charge in [-0.25, -0.2) is 4.99 Å². The van der Waals surface area contributed by atoms with Crippen LogP contribution in [0.3, 0.4) is 0 Å². The fourth-order valence-corrected chi connectivity index (χ4v) is 9.82. The van der Waals surface area contributed by atoms with Gasteiger partial charge in [-0.05, 0) is 102 Å². The lowest BCUT2D eigenvalue weighted by Crippen LogP contribution is -2.47. The summed E-state index contributed by atoms with van der Waals surface area (Å²) in [6, 6.07) is 10.4. The Hall–Kier alpha value is -1.12. The number of morpholine rings is 1. The van der Waals surface area contributed by atoms with Gasteiger partial charge < -0.3 is 14.5 Å². The first-order valence-electron chi connectivity index (χ1n) is 12.6. The molecule has 2 aromatic carbocycles. The molecule has 0 spiro atoms. The standard InChI is InChI=1S/C27H34IN3OS/c1-18-14-21(30-10-12-32-13-11-30)16-24-26(18)29-27-19(2)15-22(17-25(27)33(24)28)31-9-5-7-20-6-3-4-8-23(20)31/h14-17,20,23H,3-13H2,1-2H3/t20-,23+,33?/m1/s1. The van der Waals surface area contributed by atoms with Crippen molar-refractivity contribution in [3.8, 4) is 0 Å². The molecule has 3 heterocycles. The highest BCUT2D eigenvalue weighted by Crippen LogP contribution is 2.48. The van der Waals surface area contributed by atoms with Gasteiger partial charge in [0.2, 0.25) is 0 Å². The normalized spacial score (nSPS) is 26.8. The van der Waals surface area contributed by atoms with Crippen molar-refractivity contribution in [1.82, 2.24) is 0 Å². The molecule has 176 valence electrons. The van der Waals surface area contributed by atoms with Crippen LogP contribution in [0.5, 0.6) is 0 Å². The van der Waals surface area contributed by atoms with Crippen molar-refractivity contribution >= 4 is 45.9 Å². The summed E-state index contributed by atoms with van der Waals surface area (Å²) in [5, 5.41) is 1.21. The van der Waals surface area contributed by atoms with Crippen LogP contribution < -0.4 is 15.2 Å². The van der Waals surface area contributed by atoms with Crippen molar-refractivity contribution < 1.29 is 4.74 Å². The molecule has 0 aromatic heterocycles. The molecule has 0 amide bonds. The van der Waals surface area contributed by atoms with Crippen molar-refractivity contribution in [2.75, 3.05) is 42.6 Å². The molecule has 0 bridgehead atoms. The van der Waals surface area contributed by atoms with Gasteiger partial charge in [0.25, 0.3) is 0 Å². The lowest BCUT2D eigenvalue weighted by atomic mass is 9.78. The third kappa shape index (κ3) is 4.04. The van der Waals surface area contributed by atoms with Crippen molar-refractivity contribution in [3.63, 3.8) is 0 Å². The summed E-state index contributed by atoms with van der Waals surface area (Å²) in [6.45, 7) is 9.29. The molecule has 1 aliphatic carbocycles. The van der Waals surface area contributed by atoms with E-state index in [-0.39, 0.29) is 7.66 Å². The number of hydrogen-bond donors (Lipinski definition) is 0. The SMILES string of the molecule is Cc1cc(N2CCOCC2)cc2c1N=c1c(C)cc(N3CCC[C@H]4CCCC[C@@H]43)cc1=S2I. The summed E-state index contributed by atoms with van der Waals surface area (Å²) in [5.41, 5.74) is 6.58. The van der Waals surface area contributed by atoms with E-state index in [0.29, 0.717) is 0 Å². The molecule has 4 aliphatic rings. The minimum Gasteiger partial charge on any atom is -0.378 e. The van der Waals surface area contributed by atoms with Gasteiger partial charge in [-0.15, -0.1) is 0 Å². The van der Waals surface area contributed by atoms with Crippen LogP contribution in [0.4, 0.5) is 17.1 Å². The summed E-state index contributed by atoms with van der Waals surface area (Å²) in [5.74, 6) is 0.894. The molecule has 1 saturated carbocycles. The summed E-state index contributed by atoms with van der Waals surface area (Å²) in [7, 11) is -0.00816. The van der Waals surface area contributed by atoms with Gasteiger partial charge in [0, 0.05) is 46.5 Å². The number of ether oxygens (including phenoxy) is 1. The molecule has 2 saturated heterocycles. The highest BCUT2D eigenvalue weighted by atomic mass is 127. The Morgan fingerprint density at radius 1 is 0.909 bits per heavy atom. The van der Waals surface area contributed by atoms with Crippen molar-refractivity contribution in [1.29, 1.82) is 0 Å².